The van der Waals surface area contributed by atoms with Crippen LogP contribution < -0.4 is 16.6 Å². The number of nitrogens with one attached hydrogen (secondary N) is 2. The summed E-state index contributed by atoms with van der Waals surface area (Å²) in [6.45, 7) is 8.52. The largest absolute Gasteiger partial charge is 0.367 e. The molecule has 1 fully saturated rings. The van der Waals surface area contributed by atoms with Gasteiger partial charge in [-0.15, -0.1) is 0 Å². The van der Waals surface area contributed by atoms with Crippen LogP contribution in [0.4, 0.5) is 11.6 Å². The van der Waals surface area contributed by atoms with Crippen molar-refractivity contribution in [3.05, 3.63) is 11.9 Å². The zero-order chi connectivity index (χ0) is 14.0. The normalized spacial score (nSPS) is 17.7. The lowest BCUT2D eigenvalue weighted by Crippen LogP contribution is -2.31. The summed E-state index contributed by atoms with van der Waals surface area (Å²) in [4.78, 5) is 9.04. The molecule has 1 aromatic rings. The molecule has 5 nitrogen and oxygen atoms in total. The highest BCUT2D eigenvalue weighted by atomic mass is 15.3. The Balaban J connectivity index is 2.19. The Kier molecular flexibility index (Phi) is 3.94. The SMILES string of the molecule is CC(Nc1cc(NN)nc(C(C)(C)C)n1)C1CCC1. The van der Waals surface area contributed by atoms with Crippen LogP contribution in [0.15, 0.2) is 6.07 Å². The molecule has 106 valence electrons. The molecule has 1 saturated carbocycles. The van der Waals surface area contributed by atoms with Crippen LogP contribution in [0.3, 0.4) is 0 Å². The van der Waals surface area contributed by atoms with Crippen molar-refractivity contribution in [1.82, 2.24) is 9.97 Å². The van der Waals surface area contributed by atoms with Gasteiger partial charge in [-0.25, -0.2) is 15.8 Å². The topological polar surface area (TPSA) is 75.9 Å². The minimum atomic E-state index is -0.0942. The second kappa shape index (κ2) is 5.33. The predicted octanol–water partition coefficient (Wildman–Crippen LogP) is 2.66. The molecule has 0 aromatic carbocycles. The van der Waals surface area contributed by atoms with Gasteiger partial charge in [-0.1, -0.05) is 27.2 Å². The van der Waals surface area contributed by atoms with E-state index in [1.807, 2.05) is 6.07 Å². The van der Waals surface area contributed by atoms with Gasteiger partial charge in [-0.05, 0) is 25.7 Å². The molecule has 0 amide bonds. The molecule has 0 bridgehead atoms. The number of aromatic nitrogens is 2. The average Bonchev–Trinajstić information content (AvgIpc) is 2.24. The maximum atomic E-state index is 5.49. The van der Waals surface area contributed by atoms with Crippen LogP contribution in [0.5, 0.6) is 0 Å². The molecule has 1 heterocycles. The third-order valence-electron chi connectivity index (χ3n) is 3.78. The molecule has 19 heavy (non-hydrogen) atoms. The molecule has 1 aliphatic rings. The zero-order valence-corrected chi connectivity index (χ0v) is 12.3. The van der Waals surface area contributed by atoms with E-state index in [0.29, 0.717) is 11.9 Å². The molecule has 2 rings (SSSR count). The lowest BCUT2D eigenvalue weighted by Gasteiger charge is -2.32. The van der Waals surface area contributed by atoms with Crippen LogP contribution in [0.25, 0.3) is 0 Å². The van der Waals surface area contributed by atoms with Crippen molar-refractivity contribution >= 4 is 11.6 Å². The number of nitrogens with zero attached hydrogens (tertiary/aromatic N) is 2. The number of hydrogen-bond donors (Lipinski definition) is 3. The van der Waals surface area contributed by atoms with E-state index in [1.54, 1.807) is 0 Å². The first-order chi connectivity index (χ1) is 8.90. The van der Waals surface area contributed by atoms with Crippen LogP contribution in [-0.4, -0.2) is 16.0 Å². The zero-order valence-electron chi connectivity index (χ0n) is 12.3. The van der Waals surface area contributed by atoms with E-state index in [1.165, 1.54) is 19.3 Å². The van der Waals surface area contributed by atoms with Crippen molar-refractivity contribution in [2.45, 2.75) is 58.4 Å². The molecule has 1 unspecified atom stereocenters. The Morgan fingerprint density at radius 2 is 1.89 bits per heavy atom. The second-order valence-corrected chi connectivity index (χ2v) is 6.48. The molecule has 0 saturated heterocycles. The molecule has 5 heteroatoms. The number of hydrazine groups is 1. The first kappa shape index (κ1) is 14.1. The van der Waals surface area contributed by atoms with Crippen molar-refractivity contribution in [3.8, 4) is 0 Å². The summed E-state index contributed by atoms with van der Waals surface area (Å²) in [5.41, 5.74) is 2.52. The molecule has 0 spiro atoms. The number of rotatable bonds is 4. The molecule has 1 aliphatic carbocycles. The fraction of sp³-hybridized carbons (Fsp3) is 0.714. The van der Waals surface area contributed by atoms with Crippen molar-refractivity contribution in [2.75, 3.05) is 10.7 Å². The van der Waals surface area contributed by atoms with Crippen LogP contribution in [0, 0.1) is 5.92 Å². The third kappa shape index (κ3) is 3.35. The summed E-state index contributed by atoms with van der Waals surface area (Å²) in [6.07, 6.45) is 3.98. The minimum Gasteiger partial charge on any atom is -0.367 e. The van der Waals surface area contributed by atoms with Gasteiger partial charge in [-0.2, -0.15) is 0 Å². The molecule has 1 atom stereocenters. The van der Waals surface area contributed by atoms with Crippen molar-refractivity contribution in [2.24, 2.45) is 11.8 Å². The predicted molar refractivity (Wildman–Crippen MR) is 79.0 cm³/mol. The number of nitrogens with two attached hydrogens (primary N) is 1. The van der Waals surface area contributed by atoms with Crippen molar-refractivity contribution in [3.63, 3.8) is 0 Å². The fourth-order valence-electron chi connectivity index (χ4n) is 2.22. The first-order valence-corrected chi connectivity index (χ1v) is 7.03. The van der Waals surface area contributed by atoms with Gasteiger partial charge in [-0.3, -0.25) is 0 Å². The van der Waals surface area contributed by atoms with Crippen LogP contribution >= 0.6 is 0 Å². The monoisotopic (exact) mass is 263 g/mol. The lowest BCUT2D eigenvalue weighted by molar-refractivity contribution is 0.285. The Bertz CT molecular complexity index is 434. The van der Waals surface area contributed by atoms with E-state index in [-0.39, 0.29) is 5.41 Å². The molecule has 0 aliphatic heterocycles. The third-order valence-corrected chi connectivity index (χ3v) is 3.78. The minimum absolute atomic E-state index is 0.0942. The van der Waals surface area contributed by atoms with Gasteiger partial charge in [0.25, 0.3) is 0 Å². The Morgan fingerprint density at radius 1 is 1.26 bits per heavy atom. The van der Waals surface area contributed by atoms with Crippen LogP contribution in [0.1, 0.15) is 52.8 Å². The fourth-order valence-corrected chi connectivity index (χ4v) is 2.22. The molecule has 0 radical (unpaired) electrons. The maximum absolute atomic E-state index is 5.49. The van der Waals surface area contributed by atoms with Crippen LogP contribution in [0.2, 0.25) is 0 Å². The van der Waals surface area contributed by atoms with E-state index in [4.69, 9.17) is 5.84 Å². The van der Waals surface area contributed by atoms with Gasteiger partial charge in [0.1, 0.15) is 17.5 Å². The van der Waals surface area contributed by atoms with E-state index in [0.717, 1.165) is 17.6 Å². The highest BCUT2D eigenvalue weighted by molar-refractivity contribution is 5.48. The van der Waals surface area contributed by atoms with Gasteiger partial charge in [0.2, 0.25) is 0 Å². The number of nitrogen functional groups attached to an aromatic ring is 1. The smallest absolute Gasteiger partial charge is 0.145 e. The summed E-state index contributed by atoms with van der Waals surface area (Å²) in [5, 5.41) is 3.48. The van der Waals surface area contributed by atoms with Crippen molar-refractivity contribution < 1.29 is 0 Å². The maximum Gasteiger partial charge on any atom is 0.145 e. The Morgan fingerprint density at radius 3 is 2.37 bits per heavy atom. The van der Waals surface area contributed by atoms with Crippen LogP contribution in [-0.2, 0) is 5.41 Å². The Hall–Kier alpha value is -1.36. The number of hydrogen-bond acceptors (Lipinski definition) is 5. The molecular formula is C14H25N5. The van der Waals surface area contributed by atoms with E-state index >= 15 is 0 Å². The molecule has 1 aromatic heterocycles. The summed E-state index contributed by atoms with van der Waals surface area (Å²) >= 11 is 0. The van der Waals surface area contributed by atoms with Gasteiger partial charge >= 0.3 is 0 Å². The lowest BCUT2D eigenvalue weighted by atomic mass is 9.80. The van der Waals surface area contributed by atoms with Gasteiger partial charge in [0.15, 0.2) is 0 Å². The molecular weight excluding hydrogens is 238 g/mol. The number of anilines is 2. The van der Waals surface area contributed by atoms with E-state index in [9.17, 15) is 0 Å². The van der Waals surface area contributed by atoms with Gasteiger partial charge in [0.05, 0.1) is 0 Å². The highest BCUT2D eigenvalue weighted by Gasteiger charge is 2.25. The van der Waals surface area contributed by atoms with E-state index in [2.05, 4.69) is 48.4 Å². The Labute approximate surface area is 115 Å². The van der Waals surface area contributed by atoms with Gasteiger partial charge < -0.3 is 10.7 Å². The second-order valence-electron chi connectivity index (χ2n) is 6.48. The summed E-state index contributed by atoms with van der Waals surface area (Å²) in [7, 11) is 0. The molecule has 4 N–H and O–H groups in total. The van der Waals surface area contributed by atoms with E-state index < -0.39 is 0 Å². The van der Waals surface area contributed by atoms with Gasteiger partial charge in [0, 0.05) is 17.5 Å². The highest BCUT2D eigenvalue weighted by Crippen LogP contribution is 2.31. The van der Waals surface area contributed by atoms with Crippen molar-refractivity contribution in [1.29, 1.82) is 0 Å². The quantitative estimate of drug-likeness (QED) is 0.575. The average molecular weight is 263 g/mol. The summed E-state index contributed by atoms with van der Waals surface area (Å²) in [6, 6.07) is 2.31. The summed E-state index contributed by atoms with van der Waals surface area (Å²) < 4.78 is 0. The first-order valence-electron chi connectivity index (χ1n) is 7.03. The standard InChI is InChI=1S/C14H25N5/c1-9(10-6-5-7-10)16-11-8-12(19-15)18-13(17-11)14(2,3)4/h8-10H,5-7,15H2,1-4H3,(H2,16,17,18,19). The summed E-state index contributed by atoms with van der Waals surface area (Å²) in [5.74, 6) is 8.56.